The Balaban J connectivity index is 2.05. The van der Waals surface area contributed by atoms with E-state index in [1.54, 1.807) is 0 Å². The molecule has 1 saturated heterocycles. The van der Waals surface area contributed by atoms with Crippen LogP contribution in [-0.2, 0) is 14.3 Å². The number of nitrogens with one attached hydrogen (secondary N) is 1. The molecule has 0 spiro atoms. The fourth-order valence-corrected chi connectivity index (χ4v) is 13.3. The highest BCUT2D eigenvalue weighted by atomic mass is 16.7. The first-order valence-electron chi connectivity index (χ1n) is 39.2. The lowest BCUT2D eigenvalue weighted by atomic mass is 9.99. The van der Waals surface area contributed by atoms with Gasteiger partial charge in [-0.15, -0.1) is 0 Å². The highest BCUT2D eigenvalue weighted by Gasteiger charge is 2.44. The lowest BCUT2D eigenvalue weighted by Gasteiger charge is -2.40. The Morgan fingerprint density at radius 1 is 0.349 bits per heavy atom. The monoisotopic (exact) mass is 1220 g/mol. The fourth-order valence-electron chi connectivity index (χ4n) is 13.3. The summed E-state index contributed by atoms with van der Waals surface area (Å²) < 4.78 is 11.4. The molecule has 7 atom stereocenters. The van der Waals surface area contributed by atoms with Gasteiger partial charge in [-0.3, -0.25) is 4.79 Å². The van der Waals surface area contributed by atoms with Gasteiger partial charge >= 0.3 is 0 Å². The normalized spacial score (nSPS) is 17.9. The topological polar surface area (TPSA) is 149 Å². The maximum atomic E-state index is 13.2. The number of hydrogen-bond acceptors (Lipinski definition) is 8. The predicted molar refractivity (Wildman–Crippen MR) is 369 cm³/mol. The van der Waals surface area contributed by atoms with Crippen molar-refractivity contribution in [3.8, 4) is 0 Å². The van der Waals surface area contributed by atoms with Gasteiger partial charge in [0, 0.05) is 6.42 Å². The second kappa shape index (κ2) is 67.1. The third-order valence-corrected chi connectivity index (χ3v) is 19.5. The molecule has 0 saturated carbocycles. The highest BCUT2D eigenvalue weighted by Crippen LogP contribution is 2.24. The van der Waals surface area contributed by atoms with Crippen molar-refractivity contribution in [1.29, 1.82) is 0 Å². The summed E-state index contributed by atoms with van der Waals surface area (Å²) in [5, 5.41) is 55.1. The van der Waals surface area contributed by atoms with Crippen molar-refractivity contribution in [2.45, 2.75) is 474 Å². The number of rotatable bonds is 71. The molecule has 9 heteroatoms. The van der Waals surface area contributed by atoms with E-state index < -0.39 is 49.5 Å². The lowest BCUT2D eigenvalue weighted by Crippen LogP contribution is -2.60. The summed E-state index contributed by atoms with van der Waals surface area (Å²) in [5.41, 5.74) is 0. The van der Waals surface area contributed by atoms with Crippen LogP contribution >= 0.6 is 0 Å². The Hall–Kier alpha value is -0.810. The number of amides is 1. The maximum absolute atomic E-state index is 13.2. The van der Waals surface area contributed by atoms with Crippen LogP contribution in [0.2, 0.25) is 0 Å². The summed E-state index contributed by atoms with van der Waals surface area (Å²) in [4.78, 5) is 13.2. The van der Waals surface area contributed by atoms with E-state index in [-0.39, 0.29) is 12.5 Å². The Labute approximate surface area is 535 Å². The minimum absolute atomic E-state index is 0.130. The average molecular weight is 1220 g/mol. The number of unbranched alkanes of at least 4 members (excludes halogenated alkanes) is 61. The molecule has 1 heterocycles. The van der Waals surface area contributed by atoms with E-state index in [0.29, 0.717) is 12.8 Å². The lowest BCUT2D eigenvalue weighted by molar-refractivity contribution is -0.302. The first kappa shape index (κ1) is 83.2. The molecule has 1 fully saturated rings. The third kappa shape index (κ3) is 54.9. The molecule has 7 unspecified atom stereocenters. The molecule has 6 N–H and O–H groups in total. The van der Waals surface area contributed by atoms with Gasteiger partial charge in [0.15, 0.2) is 6.29 Å². The smallest absolute Gasteiger partial charge is 0.220 e. The van der Waals surface area contributed by atoms with Crippen molar-refractivity contribution in [1.82, 2.24) is 5.32 Å². The molecule has 1 amide bonds. The fraction of sp³-hybridized carbons (Fsp3) is 0.987. The van der Waals surface area contributed by atoms with Gasteiger partial charge in [0.2, 0.25) is 5.91 Å². The maximum Gasteiger partial charge on any atom is 0.220 e. The quantitative estimate of drug-likeness (QED) is 0.0330. The van der Waals surface area contributed by atoms with E-state index in [1.807, 2.05) is 0 Å². The number of carbonyl (C=O) groups is 1. The van der Waals surface area contributed by atoms with Gasteiger partial charge in [-0.1, -0.05) is 412 Å². The van der Waals surface area contributed by atoms with Gasteiger partial charge in [0.25, 0.3) is 0 Å². The van der Waals surface area contributed by atoms with Crippen molar-refractivity contribution in [3.05, 3.63) is 0 Å². The second-order valence-corrected chi connectivity index (χ2v) is 27.9. The van der Waals surface area contributed by atoms with Crippen LogP contribution in [0.5, 0.6) is 0 Å². The number of carbonyl (C=O) groups excluding carboxylic acids is 1. The van der Waals surface area contributed by atoms with Gasteiger partial charge in [-0.25, -0.2) is 0 Å². The van der Waals surface area contributed by atoms with Crippen LogP contribution in [0.1, 0.15) is 431 Å². The number of hydrogen-bond donors (Lipinski definition) is 6. The molecular weight excluding hydrogens is 1070 g/mol. The van der Waals surface area contributed by atoms with Crippen molar-refractivity contribution in [2.75, 3.05) is 13.2 Å². The van der Waals surface area contributed by atoms with Crippen LogP contribution in [0.25, 0.3) is 0 Å². The molecule has 0 aliphatic carbocycles. The molecule has 86 heavy (non-hydrogen) atoms. The van der Waals surface area contributed by atoms with Crippen molar-refractivity contribution in [2.24, 2.45) is 0 Å². The summed E-state index contributed by atoms with van der Waals surface area (Å²) in [6, 6.07) is -0.716. The largest absolute Gasteiger partial charge is 0.394 e. The standard InChI is InChI=1S/C77H153NO8/c1-3-5-7-9-11-13-15-17-19-21-23-25-27-29-31-33-35-36-37-38-40-42-44-46-48-50-52-54-56-58-60-62-64-66-71(80)70(69-85-77-76(84)75(83)74(82)72(68-79)86-77)78-73(81)67-65-63-61-59-57-55-53-51-49-47-45-43-41-39-34-32-30-28-26-24-22-20-18-16-14-12-10-8-6-4-2/h70-72,74-77,79-80,82-84H,3-69H2,1-2H3,(H,78,81). The molecule has 9 nitrogen and oxygen atoms in total. The van der Waals surface area contributed by atoms with E-state index in [2.05, 4.69) is 19.2 Å². The molecule has 1 aliphatic rings. The highest BCUT2D eigenvalue weighted by molar-refractivity contribution is 5.76. The van der Waals surface area contributed by atoms with Crippen LogP contribution in [0, 0.1) is 0 Å². The van der Waals surface area contributed by atoms with Crippen LogP contribution in [0.15, 0.2) is 0 Å². The molecule has 1 rings (SSSR count). The molecule has 514 valence electrons. The molecule has 1 aliphatic heterocycles. The van der Waals surface area contributed by atoms with Crippen molar-refractivity contribution in [3.63, 3.8) is 0 Å². The molecule has 0 bridgehead atoms. The molecular formula is C77H153NO8. The second-order valence-electron chi connectivity index (χ2n) is 27.9. The number of aliphatic hydroxyl groups is 5. The summed E-state index contributed by atoms with van der Waals surface area (Å²) in [6.45, 7) is 3.92. The van der Waals surface area contributed by atoms with Crippen molar-refractivity contribution >= 4 is 5.91 Å². The first-order chi connectivity index (χ1) is 42.3. The zero-order chi connectivity index (χ0) is 62.1. The molecule has 0 aromatic heterocycles. The van der Waals surface area contributed by atoms with Gasteiger partial charge in [-0.05, 0) is 12.8 Å². The van der Waals surface area contributed by atoms with Gasteiger partial charge in [-0.2, -0.15) is 0 Å². The Morgan fingerprint density at radius 2 is 0.581 bits per heavy atom. The van der Waals surface area contributed by atoms with E-state index in [9.17, 15) is 30.3 Å². The van der Waals surface area contributed by atoms with Crippen LogP contribution in [0.3, 0.4) is 0 Å². The van der Waals surface area contributed by atoms with E-state index >= 15 is 0 Å². The first-order valence-corrected chi connectivity index (χ1v) is 39.2. The van der Waals surface area contributed by atoms with Gasteiger partial charge < -0.3 is 40.3 Å². The molecule has 0 aromatic carbocycles. The van der Waals surface area contributed by atoms with Crippen LogP contribution < -0.4 is 5.32 Å². The molecule has 0 radical (unpaired) electrons. The van der Waals surface area contributed by atoms with E-state index in [4.69, 9.17) is 9.47 Å². The zero-order valence-electron chi connectivity index (χ0n) is 57.9. The zero-order valence-corrected chi connectivity index (χ0v) is 57.9. The Morgan fingerprint density at radius 3 is 0.826 bits per heavy atom. The summed E-state index contributed by atoms with van der Waals surface area (Å²) in [7, 11) is 0. The Bertz CT molecular complexity index is 1320. The third-order valence-electron chi connectivity index (χ3n) is 19.5. The summed E-state index contributed by atoms with van der Waals surface area (Å²) >= 11 is 0. The predicted octanol–water partition coefficient (Wildman–Crippen LogP) is 22.0. The van der Waals surface area contributed by atoms with Crippen LogP contribution in [0.4, 0.5) is 0 Å². The van der Waals surface area contributed by atoms with Crippen molar-refractivity contribution < 1.29 is 39.8 Å². The number of ether oxygens (including phenoxy) is 2. The van der Waals surface area contributed by atoms with Gasteiger partial charge in [0.05, 0.1) is 25.4 Å². The van der Waals surface area contributed by atoms with Crippen LogP contribution in [-0.4, -0.2) is 87.5 Å². The Kier molecular flexibility index (Phi) is 64.9. The minimum atomic E-state index is -1.55. The average Bonchev–Trinajstić information content (AvgIpc) is 3.35. The van der Waals surface area contributed by atoms with Gasteiger partial charge in [0.1, 0.15) is 24.4 Å². The van der Waals surface area contributed by atoms with E-state index in [0.717, 1.165) is 38.5 Å². The number of aliphatic hydroxyl groups excluding tert-OH is 5. The van der Waals surface area contributed by atoms with E-state index in [1.165, 1.54) is 366 Å². The summed E-state index contributed by atoms with van der Waals surface area (Å²) in [5.74, 6) is -0.132. The minimum Gasteiger partial charge on any atom is -0.394 e. The SMILES string of the molecule is CCCCCCCCCCCCCCCCCCCCCCCCCCCCCCCCCCCC(O)C(COC1OC(CO)C(O)C(O)C1O)NC(=O)CCCCCCCCCCCCCCCCCCCCCCCCCCCCCCCC. The molecule has 0 aromatic rings. The summed E-state index contributed by atoms with van der Waals surface area (Å²) in [6.07, 6.45) is 79.3.